The summed E-state index contributed by atoms with van der Waals surface area (Å²) >= 11 is 0. The minimum atomic E-state index is -1.74. The molecule has 0 aliphatic rings. The second-order valence-electron chi connectivity index (χ2n) is 9.08. The van der Waals surface area contributed by atoms with Crippen molar-refractivity contribution in [3.05, 3.63) is 103 Å². The predicted octanol–water partition coefficient (Wildman–Crippen LogP) is 5.62. The van der Waals surface area contributed by atoms with Gasteiger partial charge in [-0.25, -0.2) is 4.57 Å². The third-order valence-corrected chi connectivity index (χ3v) is 10.2. The highest BCUT2D eigenvalue weighted by Crippen LogP contribution is 2.31. The summed E-state index contributed by atoms with van der Waals surface area (Å²) < 4.78 is 2.26. The number of hydrogen-bond donors (Lipinski definition) is 0. The van der Waals surface area contributed by atoms with E-state index in [-0.39, 0.29) is 0 Å². The van der Waals surface area contributed by atoms with Crippen molar-refractivity contribution in [2.75, 3.05) is 0 Å². The molecule has 1 nitrogen and oxygen atoms in total. The SMILES string of the molecule is Cc1cc2ccccc2cc1-c1c2ccc([Si](C)(C)c3ccccc3)cc2cc[n+]1C. The largest absolute Gasteiger partial charge is 0.220 e. The van der Waals surface area contributed by atoms with Crippen molar-refractivity contribution in [2.45, 2.75) is 20.0 Å². The lowest BCUT2D eigenvalue weighted by molar-refractivity contribution is -0.659. The summed E-state index contributed by atoms with van der Waals surface area (Å²) in [6.07, 6.45) is 2.20. The Kier molecular flexibility index (Phi) is 4.75. The first-order chi connectivity index (χ1) is 14.9. The number of nitrogens with zero attached hydrogens (tertiary/aromatic N) is 1. The lowest BCUT2D eigenvalue weighted by Crippen LogP contribution is -2.52. The molecule has 0 aliphatic heterocycles. The smallest absolute Gasteiger partial charge is 0.200 e. The monoisotopic (exact) mass is 418 g/mol. The minimum Gasteiger partial charge on any atom is -0.200 e. The third kappa shape index (κ3) is 3.37. The zero-order valence-corrected chi connectivity index (χ0v) is 19.7. The van der Waals surface area contributed by atoms with Crippen LogP contribution in [0, 0.1) is 6.92 Å². The highest BCUT2D eigenvalue weighted by atomic mass is 28.3. The molecule has 0 saturated heterocycles. The van der Waals surface area contributed by atoms with Gasteiger partial charge in [0.1, 0.15) is 15.1 Å². The first-order valence-corrected chi connectivity index (χ1v) is 13.9. The van der Waals surface area contributed by atoms with Crippen LogP contribution in [0.5, 0.6) is 0 Å². The van der Waals surface area contributed by atoms with Crippen molar-refractivity contribution in [1.29, 1.82) is 0 Å². The van der Waals surface area contributed by atoms with Gasteiger partial charge in [0.2, 0.25) is 5.69 Å². The molecular weight excluding hydrogens is 390 g/mol. The van der Waals surface area contributed by atoms with Gasteiger partial charge in [0.05, 0.1) is 10.9 Å². The minimum absolute atomic E-state index is 1.28. The van der Waals surface area contributed by atoms with Gasteiger partial charge in [-0.1, -0.05) is 96.3 Å². The van der Waals surface area contributed by atoms with Crippen LogP contribution in [0.4, 0.5) is 0 Å². The van der Waals surface area contributed by atoms with Crippen molar-refractivity contribution in [3.8, 4) is 11.3 Å². The van der Waals surface area contributed by atoms with Gasteiger partial charge in [-0.05, 0) is 40.8 Å². The molecule has 152 valence electrons. The Morgan fingerprint density at radius 1 is 0.645 bits per heavy atom. The molecule has 2 heteroatoms. The molecule has 0 bridgehead atoms. The predicted molar refractivity (Wildman–Crippen MR) is 136 cm³/mol. The lowest BCUT2D eigenvalue weighted by atomic mass is 9.96. The number of hydrogen-bond acceptors (Lipinski definition) is 0. The van der Waals surface area contributed by atoms with Crippen molar-refractivity contribution >= 4 is 40.0 Å². The fourth-order valence-corrected chi connectivity index (χ4v) is 7.10. The molecule has 0 unspecified atom stereocenters. The van der Waals surface area contributed by atoms with Crippen molar-refractivity contribution in [1.82, 2.24) is 0 Å². The van der Waals surface area contributed by atoms with E-state index in [1.807, 2.05) is 0 Å². The van der Waals surface area contributed by atoms with E-state index in [0.717, 1.165) is 0 Å². The van der Waals surface area contributed by atoms with Crippen molar-refractivity contribution in [2.24, 2.45) is 7.05 Å². The zero-order valence-electron chi connectivity index (χ0n) is 18.7. The maximum atomic E-state index is 2.45. The van der Waals surface area contributed by atoms with Gasteiger partial charge in [0.25, 0.3) is 0 Å². The van der Waals surface area contributed by atoms with Gasteiger partial charge >= 0.3 is 0 Å². The average molecular weight is 419 g/mol. The first-order valence-electron chi connectivity index (χ1n) is 10.9. The Morgan fingerprint density at radius 3 is 2.06 bits per heavy atom. The second-order valence-corrected chi connectivity index (χ2v) is 13.5. The molecule has 1 heterocycles. The summed E-state index contributed by atoms with van der Waals surface area (Å²) in [5.74, 6) is 0. The zero-order chi connectivity index (χ0) is 21.6. The quantitative estimate of drug-likeness (QED) is 0.265. The van der Waals surface area contributed by atoms with Gasteiger partial charge in [0, 0.05) is 6.07 Å². The standard InChI is InChI=1S/C29H28NSi/c1-21-18-22-10-8-9-11-23(22)20-28(21)29-27-15-14-26(19-24(27)16-17-30(29)2)31(3,4)25-12-6-5-7-13-25/h5-20H,1-4H3/q+1. The maximum absolute atomic E-state index is 2.45. The number of aromatic nitrogens is 1. The van der Waals surface area contributed by atoms with Crippen LogP contribution in [0.25, 0.3) is 32.8 Å². The summed E-state index contributed by atoms with van der Waals surface area (Å²) in [6.45, 7) is 7.11. The van der Waals surface area contributed by atoms with Gasteiger partial charge in [-0.2, -0.15) is 0 Å². The Balaban J connectivity index is 1.71. The van der Waals surface area contributed by atoms with Gasteiger partial charge < -0.3 is 0 Å². The molecule has 31 heavy (non-hydrogen) atoms. The van der Waals surface area contributed by atoms with E-state index in [9.17, 15) is 0 Å². The van der Waals surface area contributed by atoms with Gasteiger partial charge in [0.15, 0.2) is 6.20 Å². The highest BCUT2D eigenvalue weighted by Gasteiger charge is 2.27. The van der Waals surface area contributed by atoms with E-state index >= 15 is 0 Å². The molecule has 4 aromatic carbocycles. The summed E-state index contributed by atoms with van der Waals surface area (Å²) in [7, 11) is 0.416. The van der Waals surface area contributed by atoms with Gasteiger partial charge in [-0.3, -0.25) is 0 Å². The second kappa shape index (κ2) is 7.47. The molecule has 1 aromatic heterocycles. The summed E-state index contributed by atoms with van der Waals surface area (Å²) in [6, 6.07) is 33.6. The Bertz CT molecular complexity index is 1420. The van der Waals surface area contributed by atoms with E-state index in [4.69, 9.17) is 0 Å². The van der Waals surface area contributed by atoms with Crippen LogP contribution in [-0.4, -0.2) is 8.07 Å². The van der Waals surface area contributed by atoms with Crippen molar-refractivity contribution in [3.63, 3.8) is 0 Å². The lowest BCUT2D eigenvalue weighted by Gasteiger charge is -2.24. The number of fused-ring (bicyclic) bond motifs is 2. The highest BCUT2D eigenvalue weighted by molar-refractivity contribution is 7.00. The number of rotatable bonds is 3. The van der Waals surface area contributed by atoms with E-state index in [0.29, 0.717) is 0 Å². The Hall–Kier alpha value is -3.23. The molecule has 0 N–H and O–H groups in total. The molecule has 0 fully saturated rings. The van der Waals surface area contributed by atoms with E-state index in [1.165, 1.54) is 48.7 Å². The Labute approximate surface area is 185 Å². The molecule has 0 atom stereocenters. The summed E-state index contributed by atoms with van der Waals surface area (Å²) in [5, 5.41) is 8.15. The molecular formula is C29H28NSi+. The third-order valence-electron chi connectivity index (χ3n) is 6.70. The molecule has 0 radical (unpaired) electrons. The molecule has 5 aromatic rings. The molecule has 5 rings (SSSR count). The van der Waals surface area contributed by atoms with Crippen LogP contribution in [0.15, 0.2) is 97.2 Å². The fraction of sp³-hybridized carbons (Fsp3) is 0.138. The van der Waals surface area contributed by atoms with Crippen LogP contribution in [0.3, 0.4) is 0 Å². The van der Waals surface area contributed by atoms with E-state index in [2.05, 4.69) is 129 Å². The van der Waals surface area contributed by atoms with Crippen LogP contribution in [0.2, 0.25) is 13.1 Å². The number of pyridine rings is 1. The topological polar surface area (TPSA) is 3.88 Å². The molecule has 0 saturated carbocycles. The summed E-state index contributed by atoms with van der Waals surface area (Å²) in [4.78, 5) is 0. The Morgan fingerprint density at radius 2 is 1.32 bits per heavy atom. The average Bonchev–Trinajstić information content (AvgIpc) is 2.79. The van der Waals surface area contributed by atoms with Crippen LogP contribution < -0.4 is 14.9 Å². The maximum Gasteiger partial charge on any atom is 0.220 e. The van der Waals surface area contributed by atoms with Crippen LogP contribution in [0.1, 0.15) is 5.56 Å². The number of aryl methyl sites for hydroxylation is 2. The van der Waals surface area contributed by atoms with Crippen LogP contribution in [-0.2, 0) is 7.05 Å². The molecule has 0 aliphatic carbocycles. The van der Waals surface area contributed by atoms with E-state index in [1.54, 1.807) is 0 Å². The van der Waals surface area contributed by atoms with E-state index < -0.39 is 8.07 Å². The number of benzene rings is 4. The normalized spacial score (nSPS) is 11.9. The summed E-state index contributed by atoms with van der Waals surface area (Å²) in [5.41, 5.74) is 3.90. The molecule has 0 amide bonds. The fourth-order valence-electron chi connectivity index (χ4n) is 4.73. The van der Waals surface area contributed by atoms with Crippen molar-refractivity contribution < 1.29 is 4.57 Å². The van der Waals surface area contributed by atoms with Crippen LogP contribution >= 0.6 is 0 Å². The first kappa shape index (κ1) is 19.7. The van der Waals surface area contributed by atoms with Gasteiger partial charge in [-0.15, -0.1) is 0 Å². The molecule has 0 spiro atoms.